The molecule has 4 nitrogen and oxygen atoms in total. The molecule has 0 fully saturated rings. The second kappa shape index (κ2) is 5.23. The van der Waals surface area contributed by atoms with Gasteiger partial charge in [-0.2, -0.15) is 0 Å². The summed E-state index contributed by atoms with van der Waals surface area (Å²) in [6, 6.07) is 5.08. The summed E-state index contributed by atoms with van der Waals surface area (Å²) >= 11 is 3.25. The van der Waals surface area contributed by atoms with Gasteiger partial charge in [0.1, 0.15) is 0 Å². The largest absolute Gasteiger partial charge is 0.328 e. The normalized spacial score (nSPS) is 12.5. The van der Waals surface area contributed by atoms with E-state index in [1.807, 2.05) is 13.0 Å². The van der Waals surface area contributed by atoms with E-state index in [0.717, 1.165) is 22.9 Å². The Balaban J connectivity index is 2.84. The summed E-state index contributed by atoms with van der Waals surface area (Å²) in [4.78, 5) is 10.2. The Labute approximate surface area is 96.8 Å². The third-order valence-corrected chi connectivity index (χ3v) is 2.50. The number of nitro groups is 1. The summed E-state index contributed by atoms with van der Waals surface area (Å²) in [5.74, 6) is 0. The highest BCUT2D eigenvalue weighted by atomic mass is 79.9. The Hall–Kier alpha value is -0.940. The minimum atomic E-state index is -0.389. The molecule has 1 aromatic rings. The van der Waals surface area contributed by atoms with Crippen LogP contribution in [-0.4, -0.2) is 11.0 Å². The fourth-order valence-corrected chi connectivity index (χ4v) is 1.81. The molecule has 0 spiro atoms. The zero-order valence-corrected chi connectivity index (χ0v) is 10.0. The maximum atomic E-state index is 10.6. The lowest BCUT2D eigenvalue weighted by atomic mass is 10.1. The Morgan fingerprint density at radius 3 is 2.73 bits per heavy atom. The number of aryl methyl sites for hydroxylation is 1. The fourth-order valence-electron chi connectivity index (χ4n) is 1.28. The lowest BCUT2D eigenvalue weighted by Crippen LogP contribution is -2.15. The number of nitrogens with zero attached hydrogens (tertiary/aromatic N) is 1. The van der Waals surface area contributed by atoms with Crippen LogP contribution in [-0.2, 0) is 6.42 Å². The summed E-state index contributed by atoms with van der Waals surface area (Å²) < 4.78 is 0.733. The first-order valence-corrected chi connectivity index (χ1v) is 5.48. The van der Waals surface area contributed by atoms with Gasteiger partial charge in [-0.05, 0) is 31.4 Å². The quantitative estimate of drug-likeness (QED) is 0.677. The second-order valence-electron chi connectivity index (χ2n) is 3.59. The van der Waals surface area contributed by atoms with E-state index in [-0.39, 0.29) is 16.7 Å². The molecular formula is C10H13BrN2O2. The van der Waals surface area contributed by atoms with Crippen molar-refractivity contribution in [2.75, 3.05) is 0 Å². The number of halogens is 1. The molecule has 1 rings (SSSR count). The lowest BCUT2D eigenvalue weighted by molar-refractivity contribution is -0.385. The van der Waals surface area contributed by atoms with Gasteiger partial charge in [-0.15, -0.1) is 0 Å². The molecule has 0 aromatic heterocycles. The predicted octanol–water partition coefficient (Wildman–Crippen LogP) is 2.64. The number of nitro benzene ring substituents is 1. The Morgan fingerprint density at radius 2 is 2.20 bits per heavy atom. The van der Waals surface area contributed by atoms with Crippen molar-refractivity contribution in [3.63, 3.8) is 0 Å². The number of hydrogen-bond donors (Lipinski definition) is 1. The van der Waals surface area contributed by atoms with Crippen LogP contribution in [0.5, 0.6) is 0 Å². The van der Waals surface area contributed by atoms with E-state index < -0.39 is 0 Å². The molecule has 0 saturated carbocycles. The molecule has 82 valence electrons. The topological polar surface area (TPSA) is 69.2 Å². The van der Waals surface area contributed by atoms with Crippen molar-refractivity contribution in [2.45, 2.75) is 25.8 Å². The third kappa shape index (κ3) is 3.97. The van der Waals surface area contributed by atoms with Crippen LogP contribution in [0.25, 0.3) is 0 Å². The van der Waals surface area contributed by atoms with E-state index in [1.54, 1.807) is 6.07 Å². The number of hydrogen-bond acceptors (Lipinski definition) is 3. The van der Waals surface area contributed by atoms with Gasteiger partial charge in [0.25, 0.3) is 5.69 Å². The van der Waals surface area contributed by atoms with Crippen molar-refractivity contribution < 1.29 is 4.92 Å². The molecule has 0 aliphatic carbocycles. The van der Waals surface area contributed by atoms with E-state index in [0.29, 0.717) is 0 Å². The highest BCUT2D eigenvalue weighted by molar-refractivity contribution is 9.10. The first kappa shape index (κ1) is 12.1. The third-order valence-electron chi connectivity index (χ3n) is 2.04. The van der Waals surface area contributed by atoms with Crippen molar-refractivity contribution in [1.82, 2.24) is 0 Å². The highest BCUT2D eigenvalue weighted by Crippen LogP contribution is 2.22. The zero-order valence-electron chi connectivity index (χ0n) is 8.44. The van der Waals surface area contributed by atoms with Crippen LogP contribution in [0.1, 0.15) is 18.9 Å². The maximum absolute atomic E-state index is 10.6. The van der Waals surface area contributed by atoms with E-state index in [4.69, 9.17) is 5.73 Å². The van der Waals surface area contributed by atoms with Crippen molar-refractivity contribution >= 4 is 21.6 Å². The Bertz CT molecular complexity index is 366. The second-order valence-corrected chi connectivity index (χ2v) is 4.51. The van der Waals surface area contributed by atoms with Crippen LogP contribution in [0.2, 0.25) is 0 Å². The zero-order chi connectivity index (χ0) is 11.4. The SMILES string of the molecule is C[C@H](N)CCc1cc(Br)cc([N+](=O)[O-])c1. The summed E-state index contributed by atoms with van der Waals surface area (Å²) in [7, 11) is 0. The molecule has 1 atom stereocenters. The summed E-state index contributed by atoms with van der Waals surface area (Å²) in [6.45, 7) is 1.92. The Kier molecular flexibility index (Phi) is 4.23. The van der Waals surface area contributed by atoms with Gasteiger partial charge in [-0.25, -0.2) is 0 Å². The van der Waals surface area contributed by atoms with Gasteiger partial charge in [0, 0.05) is 22.6 Å². The average Bonchev–Trinajstić information content (AvgIpc) is 2.13. The molecule has 0 unspecified atom stereocenters. The van der Waals surface area contributed by atoms with Crippen molar-refractivity contribution in [3.8, 4) is 0 Å². The fraction of sp³-hybridized carbons (Fsp3) is 0.400. The van der Waals surface area contributed by atoms with Crippen LogP contribution in [0.3, 0.4) is 0 Å². The summed E-state index contributed by atoms with van der Waals surface area (Å²) in [6.07, 6.45) is 1.59. The van der Waals surface area contributed by atoms with Gasteiger partial charge >= 0.3 is 0 Å². The van der Waals surface area contributed by atoms with Crippen LogP contribution < -0.4 is 5.73 Å². The van der Waals surface area contributed by atoms with Gasteiger partial charge in [0.2, 0.25) is 0 Å². The number of non-ortho nitro benzene ring substituents is 1. The standard InChI is InChI=1S/C10H13BrN2O2/c1-7(12)2-3-8-4-9(11)6-10(5-8)13(14)15/h4-7H,2-3,12H2,1H3/t7-/m0/s1. The summed E-state index contributed by atoms with van der Waals surface area (Å²) in [5, 5.41) is 10.6. The molecule has 1 aromatic carbocycles. The molecular weight excluding hydrogens is 260 g/mol. The van der Waals surface area contributed by atoms with Gasteiger partial charge in [-0.1, -0.05) is 15.9 Å². The van der Waals surface area contributed by atoms with Gasteiger partial charge in [0.15, 0.2) is 0 Å². The monoisotopic (exact) mass is 272 g/mol. The molecule has 15 heavy (non-hydrogen) atoms. The van der Waals surface area contributed by atoms with E-state index >= 15 is 0 Å². The van der Waals surface area contributed by atoms with Gasteiger partial charge in [-0.3, -0.25) is 10.1 Å². The van der Waals surface area contributed by atoms with E-state index in [2.05, 4.69) is 15.9 Å². The first-order chi connectivity index (χ1) is 6.99. The minimum Gasteiger partial charge on any atom is -0.328 e. The number of nitrogens with two attached hydrogens (primary N) is 1. The minimum absolute atomic E-state index is 0.114. The molecule has 2 N–H and O–H groups in total. The molecule has 0 aliphatic heterocycles. The number of rotatable bonds is 4. The van der Waals surface area contributed by atoms with Crippen molar-refractivity contribution in [1.29, 1.82) is 0 Å². The maximum Gasteiger partial charge on any atom is 0.270 e. The van der Waals surface area contributed by atoms with Crippen LogP contribution in [0.15, 0.2) is 22.7 Å². The van der Waals surface area contributed by atoms with Crippen molar-refractivity contribution in [3.05, 3.63) is 38.3 Å². The molecule has 0 aliphatic rings. The predicted molar refractivity (Wildman–Crippen MR) is 62.8 cm³/mol. The number of benzene rings is 1. The molecule has 0 saturated heterocycles. The lowest BCUT2D eigenvalue weighted by Gasteiger charge is -2.05. The van der Waals surface area contributed by atoms with Gasteiger partial charge in [0.05, 0.1) is 4.92 Å². The molecule has 5 heteroatoms. The molecule has 0 heterocycles. The van der Waals surface area contributed by atoms with Crippen LogP contribution in [0.4, 0.5) is 5.69 Å². The van der Waals surface area contributed by atoms with Gasteiger partial charge < -0.3 is 5.73 Å². The first-order valence-electron chi connectivity index (χ1n) is 4.68. The Morgan fingerprint density at radius 1 is 1.53 bits per heavy atom. The average molecular weight is 273 g/mol. The molecule has 0 radical (unpaired) electrons. The summed E-state index contributed by atoms with van der Waals surface area (Å²) in [5.41, 5.74) is 6.68. The van der Waals surface area contributed by atoms with Crippen molar-refractivity contribution in [2.24, 2.45) is 5.73 Å². The van der Waals surface area contributed by atoms with E-state index in [9.17, 15) is 10.1 Å². The van der Waals surface area contributed by atoms with E-state index in [1.165, 1.54) is 6.07 Å². The van der Waals surface area contributed by atoms with Crippen LogP contribution in [0, 0.1) is 10.1 Å². The molecule has 0 amide bonds. The highest BCUT2D eigenvalue weighted by Gasteiger charge is 2.08. The van der Waals surface area contributed by atoms with Crippen LogP contribution >= 0.6 is 15.9 Å². The molecule has 0 bridgehead atoms. The smallest absolute Gasteiger partial charge is 0.270 e.